The van der Waals surface area contributed by atoms with Crippen LogP contribution >= 0.6 is 0 Å². The highest BCUT2D eigenvalue weighted by atomic mass is 16.5. The van der Waals surface area contributed by atoms with Crippen LogP contribution in [0.3, 0.4) is 0 Å². The molecule has 0 radical (unpaired) electrons. The van der Waals surface area contributed by atoms with Crippen LogP contribution in [0.4, 0.5) is 0 Å². The fourth-order valence-corrected chi connectivity index (χ4v) is 2.97. The third-order valence-corrected chi connectivity index (χ3v) is 4.53. The Morgan fingerprint density at radius 2 is 1.66 bits per heavy atom. The van der Waals surface area contributed by atoms with Crippen LogP contribution in [0.2, 0.25) is 0 Å². The average Bonchev–Trinajstić information content (AvgIpc) is 2.83. The Balaban J connectivity index is 1.67. The van der Waals surface area contributed by atoms with E-state index in [-0.39, 0.29) is 13.0 Å². The number of para-hydroxylation sites is 1. The van der Waals surface area contributed by atoms with E-state index in [1.807, 2.05) is 36.4 Å². The van der Waals surface area contributed by atoms with Crippen LogP contribution in [0, 0.1) is 11.3 Å². The fourth-order valence-electron chi connectivity index (χ4n) is 2.97. The maximum Gasteiger partial charge on any atom is 0.314 e. The summed E-state index contributed by atoms with van der Waals surface area (Å²) in [6.07, 6.45) is 1.83. The van der Waals surface area contributed by atoms with Gasteiger partial charge in [0.15, 0.2) is 11.5 Å². The molecule has 0 aromatic heterocycles. The number of benzene rings is 3. The Hall–Kier alpha value is -4.24. The summed E-state index contributed by atoms with van der Waals surface area (Å²) in [5, 5.41) is 9.65. The second-order valence-electron chi connectivity index (χ2n) is 6.70. The Kier molecular flexibility index (Phi) is 7.88. The summed E-state index contributed by atoms with van der Waals surface area (Å²) >= 11 is 0. The first-order valence-electron chi connectivity index (χ1n) is 9.95. The molecule has 0 saturated heterocycles. The molecule has 0 bridgehead atoms. The number of nitriles is 1. The molecule has 0 aliphatic rings. The Morgan fingerprint density at radius 3 is 2.38 bits per heavy atom. The first kappa shape index (κ1) is 22.4. The Labute approximate surface area is 187 Å². The summed E-state index contributed by atoms with van der Waals surface area (Å²) in [7, 11) is 3.10. The molecule has 0 unspecified atom stereocenters. The van der Waals surface area contributed by atoms with Crippen molar-refractivity contribution in [1.82, 2.24) is 0 Å². The van der Waals surface area contributed by atoms with Crippen molar-refractivity contribution < 1.29 is 23.7 Å². The number of rotatable bonds is 9. The van der Waals surface area contributed by atoms with E-state index >= 15 is 0 Å². The minimum Gasteiger partial charge on any atom is -0.493 e. The minimum atomic E-state index is -0.401. The van der Waals surface area contributed by atoms with Gasteiger partial charge in [-0.05, 0) is 59.7 Å². The summed E-state index contributed by atoms with van der Waals surface area (Å²) in [6, 6.07) is 23.7. The number of ether oxygens (including phenoxy) is 4. The molecule has 0 atom stereocenters. The van der Waals surface area contributed by atoms with Gasteiger partial charge < -0.3 is 18.9 Å². The number of esters is 1. The maximum absolute atomic E-state index is 12.1. The highest BCUT2D eigenvalue weighted by molar-refractivity contribution is 5.90. The van der Waals surface area contributed by atoms with Gasteiger partial charge in [-0.25, -0.2) is 0 Å². The van der Waals surface area contributed by atoms with Gasteiger partial charge in [0.2, 0.25) is 0 Å². The van der Waals surface area contributed by atoms with E-state index < -0.39 is 5.97 Å². The predicted molar refractivity (Wildman–Crippen MR) is 122 cm³/mol. The van der Waals surface area contributed by atoms with E-state index in [0.717, 1.165) is 5.56 Å². The van der Waals surface area contributed by atoms with Gasteiger partial charge in [-0.2, -0.15) is 5.26 Å². The number of hydrogen-bond acceptors (Lipinski definition) is 6. The van der Waals surface area contributed by atoms with Crippen LogP contribution in [0.1, 0.15) is 17.5 Å². The van der Waals surface area contributed by atoms with Crippen molar-refractivity contribution in [3.05, 3.63) is 83.9 Å². The standard InChI is InChI=1S/C26H23NO5/c1-29-24-12-11-20(17-25(24)30-2)21(18-27)15-19-7-6-10-23(16-19)32-26(28)13-14-31-22-8-4-3-5-9-22/h3-12,15-17H,13-14H2,1-2H3/b21-15-. The molecule has 0 N–H and O–H groups in total. The predicted octanol–water partition coefficient (Wildman–Crippen LogP) is 5.14. The Morgan fingerprint density at radius 1 is 0.906 bits per heavy atom. The van der Waals surface area contributed by atoms with Gasteiger partial charge in [0.1, 0.15) is 11.5 Å². The molecule has 0 amide bonds. The molecule has 3 aromatic rings. The van der Waals surface area contributed by atoms with Crippen molar-refractivity contribution in [3.63, 3.8) is 0 Å². The number of carbonyl (C=O) groups is 1. The third-order valence-electron chi connectivity index (χ3n) is 4.53. The average molecular weight is 429 g/mol. The van der Waals surface area contributed by atoms with Crippen LogP contribution in [0.25, 0.3) is 11.6 Å². The number of methoxy groups -OCH3 is 2. The van der Waals surface area contributed by atoms with Crippen molar-refractivity contribution in [2.24, 2.45) is 0 Å². The normalized spacial score (nSPS) is 10.7. The molecule has 6 nitrogen and oxygen atoms in total. The van der Waals surface area contributed by atoms with E-state index in [9.17, 15) is 10.1 Å². The summed E-state index contributed by atoms with van der Waals surface area (Å²) in [5.41, 5.74) is 1.85. The Bertz CT molecular complexity index is 1130. The van der Waals surface area contributed by atoms with E-state index in [1.54, 1.807) is 56.7 Å². The first-order chi connectivity index (χ1) is 15.6. The van der Waals surface area contributed by atoms with Crippen LogP contribution in [0.5, 0.6) is 23.0 Å². The zero-order chi connectivity index (χ0) is 22.8. The molecule has 0 saturated carbocycles. The second-order valence-corrected chi connectivity index (χ2v) is 6.70. The van der Waals surface area contributed by atoms with Gasteiger partial charge in [0.05, 0.1) is 38.9 Å². The van der Waals surface area contributed by atoms with Crippen LogP contribution in [-0.2, 0) is 4.79 Å². The molecule has 0 fully saturated rings. The summed E-state index contributed by atoms with van der Waals surface area (Å²) in [5.74, 6) is 1.81. The van der Waals surface area contributed by atoms with Crippen molar-refractivity contribution in [2.45, 2.75) is 6.42 Å². The van der Waals surface area contributed by atoms with Crippen molar-refractivity contribution >= 4 is 17.6 Å². The topological polar surface area (TPSA) is 77.8 Å². The maximum atomic E-state index is 12.1. The zero-order valence-electron chi connectivity index (χ0n) is 17.9. The van der Waals surface area contributed by atoms with Crippen molar-refractivity contribution in [1.29, 1.82) is 5.26 Å². The molecule has 3 aromatic carbocycles. The number of allylic oxidation sites excluding steroid dienone is 1. The summed E-state index contributed by atoms with van der Waals surface area (Å²) in [6.45, 7) is 0.223. The lowest BCUT2D eigenvalue weighted by atomic mass is 10.0. The summed E-state index contributed by atoms with van der Waals surface area (Å²) < 4.78 is 21.5. The van der Waals surface area contributed by atoms with Gasteiger partial charge in [-0.15, -0.1) is 0 Å². The molecule has 0 spiro atoms. The SMILES string of the molecule is COc1ccc(/C(C#N)=C\c2cccc(OC(=O)CCOc3ccccc3)c2)cc1OC. The van der Waals surface area contributed by atoms with E-state index in [1.165, 1.54) is 0 Å². The number of carbonyl (C=O) groups excluding carboxylic acids is 1. The van der Waals surface area contributed by atoms with Crippen LogP contribution < -0.4 is 18.9 Å². The lowest BCUT2D eigenvalue weighted by Crippen LogP contribution is -2.12. The number of hydrogen-bond donors (Lipinski definition) is 0. The van der Waals surface area contributed by atoms with E-state index in [4.69, 9.17) is 18.9 Å². The van der Waals surface area contributed by atoms with Gasteiger partial charge in [0.25, 0.3) is 0 Å². The van der Waals surface area contributed by atoms with Gasteiger partial charge in [0, 0.05) is 0 Å². The molecule has 6 heteroatoms. The zero-order valence-corrected chi connectivity index (χ0v) is 17.9. The highest BCUT2D eigenvalue weighted by Crippen LogP contribution is 2.31. The largest absolute Gasteiger partial charge is 0.493 e. The van der Waals surface area contributed by atoms with Crippen LogP contribution in [0.15, 0.2) is 72.8 Å². The minimum absolute atomic E-state index is 0.115. The smallest absolute Gasteiger partial charge is 0.314 e. The first-order valence-corrected chi connectivity index (χ1v) is 9.95. The molecule has 3 rings (SSSR count). The summed E-state index contributed by atoms with van der Waals surface area (Å²) in [4.78, 5) is 12.1. The molecule has 32 heavy (non-hydrogen) atoms. The van der Waals surface area contributed by atoms with Crippen molar-refractivity contribution in [2.75, 3.05) is 20.8 Å². The molecule has 0 aliphatic carbocycles. The van der Waals surface area contributed by atoms with Gasteiger partial charge in [-0.1, -0.05) is 30.3 Å². The van der Waals surface area contributed by atoms with Gasteiger partial charge in [-0.3, -0.25) is 4.79 Å². The van der Waals surface area contributed by atoms with Crippen molar-refractivity contribution in [3.8, 4) is 29.1 Å². The molecule has 0 aliphatic heterocycles. The number of nitrogens with zero attached hydrogens (tertiary/aromatic N) is 1. The highest BCUT2D eigenvalue weighted by Gasteiger charge is 2.09. The molecule has 162 valence electrons. The molecular formula is C26H23NO5. The second kappa shape index (κ2) is 11.2. The lowest BCUT2D eigenvalue weighted by molar-refractivity contribution is -0.134. The fraction of sp³-hybridized carbons (Fsp3) is 0.154. The van der Waals surface area contributed by atoms with Gasteiger partial charge >= 0.3 is 5.97 Å². The molecule has 0 heterocycles. The quantitative estimate of drug-likeness (QED) is 0.203. The monoisotopic (exact) mass is 429 g/mol. The van der Waals surface area contributed by atoms with E-state index in [0.29, 0.717) is 34.1 Å². The molecular weight excluding hydrogens is 406 g/mol. The van der Waals surface area contributed by atoms with E-state index in [2.05, 4.69) is 6.07 Å². The third kappa shape index (κ3) is 6.13. The lowest BCUT2D eigenvalue weighted by Gasteiger charge is -2.09. The van der Waals surface area contributed by atoms with Crippen LogP contribution in [-0.4, -0.2) is 26.8 Å².